The monoisotopic (exact) mass is 331 g/mol. The minimum atomic E-state index is -2.78. The molecule has 3 rings (SSSR count). The van der Waals surface area contributed by atoms with Crippen molar-refractivity contribution in [1.82, 2.24) is 5.32 Å². The van der Waals surface area contributed by atoms with Crippen LogP contribution in [0.3, 0.4) is 0 Å². The summed E-state index contributed by atoms with van der Waals surface area (Å²) in [6.45, 7) is 0.0597. The van der Waals surface area contributed by atoms with Crippen molar-refractivity contribution in [3.63, 3.8) is 0 Å². The van der Waals surface area contributed by atoms with Crippen molar-refractivity contribution in [1.29, 1.82) is 0 Å². The van der Waals surface area contributed by atoms with E-state index in [1.165, 1.54) is 42.4 Å². The molecule has 0 bridgehead atoms. The molecule has 0 radical (unpaired) electrons. The molecule has 0 aliphatic heterocycles. The molecule has 128 valence electrons. The second-order valence-corrected chi connectivity index (χ2v) is 6.36. The lowest BCUT2D eigenvalue weighted by atomic mass is 9.89. The van der Waals surface area contributed by atoms with Crippen LogP contribution in [0.1, 0.15) is 48.1 Å². The molecule has 4 heteroatoms. The van der Waals surface area contributed by atoms with Gasteiger partial charge in [0.15, 0.2) is 0 Å². The third-order valence-electron chi connectivity index (χ3n) is 4.63. The zero-order valence-electron chi connectivity index (χ0n) is 13.9. The van der Waals surface area contributed by atoms with Gasteiger partial charge in [0.25, 0.3) is 0 Å². The van der Waals surface area contributed by atoms with Gasteiger partial charge in [-0.2, -0.15) is 8.78 Å². The molecule has 2 aromatic carbocycles. The first-order valence-corrected chi connectivity index (χ1v) is 8.50. The molecule has 1 aliphatic rings. The van der Waals surface area contributed by atoms with Crippen LogP contribution < -0.4 is 10.1 Å². The lowest BCUT2D eigenvalue weighted by Crippen LogP contribution is -2.18. The molecule has 0 unspecified atom stereocenters. The van der Waals surface area contributed by atoms with E-state index in [0.29, 0.717) is 6.54 Å². The largest absolute Gasteiger partial charge is 0.435 e. The summed E-state index contributed by atoms with van der Waals surface area (Å²) in [7, 11) is 0. The lowest BCUT2D eigenvalue weighted by Gasteiger charge is -2.20. The van der Waals surface area contributed by atoms with E-state index >= 15 is 0 Å². The van der Waals surface area contributed by atoms with Crippen LogP contribution in [0, 0.1) is 0 Å². The van der Waals surface area contributed by atoms with Gasteiger partial charge in [-0.15, -0.1) is 0 Å². The molecule has 1 atom stereocenters. The summed E-state index contributed by atoms with van der Waals surface area (Å²) in [5.74, 6) is 0.191. The zero-order valence-corrected chi connectivity index (χ0v) is 13.9. The lowest BCUT2D eigenvalue weighted by molar-refractivity contribution is -0.0498. The molecular weight excluding hydrogens is 308 g/mol. The highest BCUT2D eigenvalue weighted by Crippen LogP contribution is 2.25. The van der Waals surface area contributed by atoms with Crippen molar-refractivity contribution in [3.05, 3.63) is 64.7 Å². The Bertz CT molecular complexity index is 670. The maximum atomic E-state index is 12.1. The van der Waals surface area contributed by atoms with Gasteiger partial charge in [0.1, 0.15) is 5.75 Å². The fourth-order valence-electron chi connectivity index (χ4n) is 3.20. The van der Waals surface area contributed by atoms with E-state index < -0.39 is 6.61 Å². The van der Waals surface area contributed by atoms with Crippen molar-refractivity contribution in [2.45, 2.75) is 51.8 Å². The first kappa shape index (κ1) is 16.9. The highest BCUT2D eigenvalue weighted by Gasteiger charge is 2.12. The van der Waals surface area contributed by atoms with E-state index in [4.69, 9.17) is 0 Å². The smallest absolute Gasteiger partial charge is 0.387 e. The zero-order chi connectivity index (χ0) is 16.9. The Balaban J connectivity index is 1.58. The minimum Gasteiger partial charge on any atom is -0.435 e. The fraction of sp³-hybridized carbons (Fsp3) is 0.400. The molecule has 0 saturated heterocycles. The van der Waals surface area contributed by atoms with E-state index in [-0.39, 0.29) is 11.8 Å². The molecule has 1 aliphatic carbocycles. The molecule has 24 heavy (non-hydrogen) atoms. The molecule has 0 aromatic heterocycles. The van der Waals surface area contributed by atoms with Crippen molar-refractivity contribution < 1.29 is 13.5 Å². The Hall–Kier alpha value is -1.94. The molecule has 0 fully saturated rings. The number of rotatable bonds is 6. The average Bonchev–Trinajstić information content (AvgIpc) is 2.60. The Morgan fingerprint density at radius 3 is 2.42 bits per heavy atom. The summed E-state index contributed by atoms with van der Waals surface area (Å²) < 4.78 is 28.7. The van der Waals surface area contributed by atoms with Crippen molar-refractivity contribution in [2.24, 2.45) is 0 Å². The predicted molar refractivity (Wildman–Crippen MR) is 91.4 cm³/mol. The summed E-state index contributed by atoms with van der Waals surface area (Å²) in [4.78, 5) is 0. The molecule has 0 amide bonds. The SMILES string of the molecule is C[C@@H](NCc1ccc(OC(F)F)cc1)c1ccc2c(c1)CCCC2. The first-order valence-electron chi connectivity index (χ1n) is 8.50. The Labute approximate surface area is 141 Å². The van der Waals surface area contributed by atoms with Crippen molar-refractivity contribution >= 4 is 0 Å². The van der Waals surface area contributed by atoms with Gasteiger partial charge in [-0.05, 0) is 67.0 Å². The highest BCUT2D eigenvalue weighted by atomic mass is 19.3. The van der Waals surface area contributed by atoms with Gasteiger partial charge >= 0.3 is 6.61 Å². The Morgan fingerprint density at radius 2 is 1.71 bits per heavy atom. The molecule has 2 nitrogen and oxygen atoms in total. The molecule has 1 N–H and O–H groups in total. The fourth-order valence-corrected chi connectivity index (χ4v) is 3.20. The van der Waals surface area contributed by atoms with E-state index in [9.17, 15) is 8.78 Å². The number of alkyl halides is 2. The molecule has 0 spiro atoms. The Morgan fingerprint density at radius 1 is 1.00 bits per heavy atom. The van der Waals surface area contributed by atoms with Gasteiger partial charge in [-0.1, -0.05) is 30.3 Å². The Kier molecular flexibility index (Phi) is 5.46. The second kappa shape index (κ2) is 7.75. The van der Waals surface area contributed by atoms with Crippen LogP contribution in [0.2, 0.25) is 0 Å². The molecule has 0 saturated carbocycles. The maximum Gasteiger partial charge on any atom is 0.387 e. The van der Waals surface area contributed by atoms with Crippen molar-refractivity contribution in [2.75, 3.05) is 0 Å². The predicted octanol–water partition coefficient (Wildman–Crippen LogP) is 5.02. The second-order valence-electron chi connectivity index (χ2n) is 6.36. The maximum absolute atomic E-state index is 12.1. The number of hydrogen-bond donors (Lipinski definition) is 1. The highest BCUT2D eigenvalue weighted by molar-refractivity contribution is 5.35. The van der Waals surface area contributed by atoms with Crippen LogP contribution in [0.4, 0.5) is 8.78 Å². The summed E-state index contributed by atoms with van der Waals surface area (Å²) in [5, 5.41) is 3.49. The van der Waals surface area contributed by atoms with Crippen LogP contribution in [0.15, 0.2) is 42.5 Å². The molecule has 2 aromatic rings. The topological polar surface area (TPSA) is 21.3 Å². The summed E-state index contributed by atoms with van der Waals surface area (Å²) in [6.07, 6.45) is 4.96. The van der Waals surface area contributed by atoms with Crippen LogP contribution >= 0.6 is 0 Å². The number of aryl methyl sites for hydroxylation is 2. The molecule has 0 heterocycles. The van der Waals surface area contributed by atoms with E-state index in [0.717, 1.165) is 5.56 Å². The van der Waals surface area contributed by atoms with E-state index in [1.807, 2.05) is 12.1 Å². The third-order valence-corrected chi connectivity index (χ3v) is 4.63. The van der Waals surface area contributed by atoms with Crippen LogP contribution in [-0.4, -0.2) is 6.61 Å². The number of nitrogens with one attached hydrogen (secondary N) is 1. The number of ether oxygens (including phenoxy) is 1. The van der Waals surface area contributed by atoms with Gasteiger partial charge < -0.3 is 10.1 Å². The van der Waals surface area contributed by atoms with Gasteiger partial charge in [-0.25, -0.2) is 0 Å². The summed E-state index contributed by atoms with van der Waals surface area (Å²) in [5.41, 5.74) is 5.32. The third kappa shape index (κ3) is 4.32. The minimum absolute atomic E-state index is 0.191. The van der Waals surface area contributed by atoms with Crippen molar-refractivity contribution in [3.8, 4) is 5.75 Å². The van der Waals surface area contributed by atoms with Gasteiger partial charge in [0, 0.05) is 12.6 Å². The van der Waals surface area contributed by atoms with E-state index in [1.54, 1.807) is 12.1 Å². The number of fused-ring (bicyclic) bond motifs is 1. The summed E-state index contributed by atoms with van der Waals surface area (Å²) >= 11 is 0. The molecular formula is C20H23F2NO. The van der Waals surface area contributed by atoms with Crippen LogP contribution in [0.5, 0.6) is 5.75 Å². The average molecular weight is 331 g/mol. The quantitative estimate of drug-likeness (QED) is 0.803. The van der Waals surface area contributed by atoms with Crippen LogP contribution in [0.25, 0.3) is 0 Å². The van der Waals surface area contributed by atoms with Gasteiger partial charge in [0.2, 0.25) is 0 Å². The number of benzene rings is 2. The van der Waals surface area contributed by atoms with E-state index in [2.05, 4.69) is 35.2 Å². The normalized spacial score (nSPS) is 15.2. The number of halogens is 2. The number of hydrogen-bond acceptors (Lipinski definition) is 2. The standard InChI is InChI=1S/C20H23F2NO/c1-14(17-9-8-16-4-2-3-5-18(16)12-17)23-13-15-6-10-19(11-7-15)24-20(21)22/h6-12,14,20,23H,2-5,13H2,1H3/t14-/m1/s1. The van der Waals surface area contributed by atoms with Crippen LogP contribution in [-0.2, 0) is 19.4 Å². The first-order chi connectivity index (χ1) is 11.6. The summed E-state index contributed by atoms with van der Waals surface area (Å²) in [6, 6.07) is 13.8. The van der Waals surface area contributed by atoms with Gasteiger partial charge in [-0.3, -0.25) is 0 Å². The van der Waals surface area contributed by atoms with Gasteiger partial charge in [0.05, 0.1) is 0 Å².